The number of hydrogen-bond donors (Lipinski definition) is 0. The van der Waals surface area contributed by atoms with E-state index in [0.29, 0.717) is 23.2 Å². The Morgan fingerprint density at radius 3 is 1.25 bits per heavy atom. The molecular weight excluding hydrogens is 723 g/mol. The van der Waals surface area contributed by atoms with E-state index in [-0.39, 0.29) is 0 Å². The van der Waals surface area contributed by atoms with E-state index in [1.54, 1.807) is 0 Å². The number of fused-ring (bicyclic) bond motifs is 4. The van der Waals surface area contributed by atoms with Crippen LogP contribution in [0.15, 0.2) is 205 Å². The van der Waals surface area contributed by atoms with Gasteiger partial charge < -0.3 is 4.42 Å². The van der Waals surface area contributed by atoms with Crippen LogP contribution in [0.5, 0.6) is 0 Å². The molecule has 11 rings (SSSR count). The number of para-hydroxylation sites is 2. The molecule has 0 bridgehead atoms. The van der Waals surface area contributed by atoms with Gasteiger partial charge in [0.1, 0.15) is 11.1 Å². The van der Waals surface area contributed by atoms with Gasteiger partial charge in [-0.25, -0.2) is 24.9 Å². The molecule has 59 heavy (non-hydrogen) atoms. The lowest BCUT2D eigenvalue weighted by molar-refractivity contribution is 0.655. The van der Waals surface area contributed by atoms with Crippen LogP contribution < -0.4 is 0 Å². The number of furan rings is 1. The first-order valence-electron chi connectivity index (χ1n) is 19.6. The van der Waals surface area contributed by atoms with E-state index in [2.05, 4.69) is 140 Å². The third-order valence-corrected chi connectivity index (χ3v) is 10.8. The van der Waals surface area contributed by atoms with Crippen molar-refractivity contribution in [2.75, 3.05) is 0 Å². The maximum atomic E-state index is 6.18. The van der Waals surface area contributed by atoms with Gasteiger partial charge in [-0.15, -0.1) is 0 Å². The second kappa shape index (κ2) is 14.4. The summed E-state index contributed by atoms with van der Waals surface area (Å²) >= 11 is 0. The summed E-state index contributed by atoms with van der Waals surface area (Å²) in [5.41, 5.74) is 15.6. The molecule has 0 unspecified atom stereocenters. The van der Waals surface area contributed by atoms with Crippen molar-refractivity contribution in [2.24, 2.45) is 0 Å². The normalized spacial score (nSPS) is 11.4. The summed E-state index contributed by atoms with van der Waals surface area (Å²) in [5.74, 6) is 1.89. The molecule has 0 N–H and O–H groups in total. The third kappa shape index (κ3) is 6.58. The number of hydrogen-bond acceptors (Lipinski definition) is 6. The van der Waals surface area contributed by atoms with Crippen LogP contribution in [0.3, 0.4) is 0 Å². The maximum absolute atomic E-state index is 6.18. The van der Waals surface area contributed by atoms with Crippen molar-refractivity contribution in [3.8, 4) is 78.7 Å². The smallest absolute Gasteiger partial charge is 0.246 e. The summed E-state index contributed by atoms with van der Waals surface area (Å²) in [4.78, 5) is 24.5. The van der Waals surface area contributed by atoms with E-state index >= 15 is 0 Å². The van der Waals surface area contributed by atoms with Gasteiger partial charge in [-0.2, -0.15) is 0 Å². The Balaban J connectivity index is 0.864. The topological polar surface area (TPSA) is 77.6 Å². The fourth-order valence-corrected chi connectivity index (χ4v) is 7.66. The molecule has 0 amide bonds. The molecule has 0 aliphatic rings. The van der Waals surface area contributed by atoms with Gasteiger partial charge in [0.25, 0.3) is 0 Å². The maximum Gasteiger partial charge on any atom is 0.246 e. The Kier molecular flexibility index (Phi) is 8.37. The highest BCUT2D eigenvalue weighted by atomic mass is 16.3. The number of aromatic nitrogens is 5. The van der Waals surface area contributed by atoms with Crippen LogP contribution in [-0.4, -0.2) is 24.9 Å². The molecule has 6 heteroatoms. The van der Waals surface area contributed by atoms with E-state index in [1.807, 2.05) is 60.7 Å². The van der Waals surface area contributed by atoms with Gasteiger partial charge in [0.15, 0.2) is 17.5 Å². The molecule has 0 fully saturated rings. The summed E-state index contributed by atoms with van der Waals surface area (Å²) < 4.78 is 6.18. The monoisotopic (exact) mass is 755 g/mol. The summed E-state index contributed by atoms with van der Waals surface area (Å²) in [6.07, 6.45) is 0. The lowest BCUT2D eigenvalue weighted by Gasteiger charge is -2.11. The largest absolute Gasteiger partial charge is 0.436 e. The summed E-state index contributed by atoms with van der Waals surface area (Å²) in [6, 6.07) is 68.8. The van der Waals surface area contributed by atoms with Crippen molar-refractivity contribution in [2.45, 2.75) is 0 Å². The van der Waals surface area contributed by atoms with E-state index in [1.165, 1.54) is 5.56 Å². The van der Waals surface area contributed by atoms with Crippen molar-refractivity contribution < 1.29 is 4.42 Å². The predicted octanol–water partition coefficient (Wildman–Crippen LogP) is 13.4. The zero-order chi connectivity index (χ0) is 39.1. The first-order chi connectivity index (χ1) is 29.2. The van der Waals surface area contributed by atoms with Gasteiger partial charge in [0, 0.05) is 22.1 Å². The van der Waals surface area contributed by atoms with Crippen molar-refractivity contribution in [1.29, 1.82) is 0 Å². The number of rotatable bonds is 7. The second-order valence-corrected chi connectivity index (χ2v) is 14.5. The zero-order valence-corrected chi connectivity index (χ0v) is 31.7. The molecule has 0 atom stereocenters. The molecule has 0 aliphatic heterocycles. The summed E-state index contributed by atoms with van der Waals surface area (Å²) in [6.45, 7) is 0. The van der Waals surface area contributed by atoms with Crippen molar-refractivity contribution in [3.05, 3.63) is 200 Å². The summed E-state index contributed by atoms with van der Waals surface area (Å²) in [5, 5.41) is 0.962. The van der Waals surface area contributed by atoms with Gasteiger partial charge in [-0.05, 0) is 74.8 Å². The molecule has 3 heterocycles. The molecule has 0 aliphatic carbocycles. The van der Waals surface area contributed by atoms with Crippen molar-refractivity contribution in [1.82, 2.24) is 24.9 Å². The minimum absolute atomic E-state index is 0.555. The Hall–Kier alpha value is -8.09. The first-order valence-corrected chi connectivity index (χ1v) is 19.6. The van der Waals surface area contributed by atoms with Gasteiger partial charge in [-0.1, -0.05) is 170 Å². The Morgan fingerprint density at radius 2 is 0.661 bits per heavy atom. The van der Waals surface area contributed by atoms with Crippen LogP contribution in [0.2, 0.25) is 0 Å². The molecule has 8 aromatic carbocycles. The fourth-order valence-electron chi connectivity index (χ4n) is 7.66. The van der Waals surface area contributed by atoms with Crippen LogP contribution in [-0.2, 0) is 0 Å². The van der Waals surface area contributed by atoms with E-state index < -0.39 is 0 Å². The zero-order valence-electron chi connectivity index (χ0n) is 31.7. The predicted molar refractivity (Wildman–Crippen MR) is 238 cm³/mol. The molecule has 0 saturated heterocycles. The second-order valence-electron chi connectivity index (χ2n) is 14.5. The molecular formula is C53H33N5O. The van der Waals surface area contributed by atoms with Crippen LogP contribution in [0.4, 0.5) is 0 Å². The average Bonchev–Trinajstić information content (AvgIpc) is 3.68. The van der Waals surface area contributed by atoms with Crippen LogP contribution in [0, 0.1) is 0 Å². The van der Waals surface area contributed by atoms with Gasteiger partial charge in [-0.3, -0.25) is 0 Å². The van der Waals surface area contributed by atoms with E-state index in [0.717, 1.165) is 83.2 Å². The van der Waals surface area contributed by atoms with Gasteiger partial charge >= 0.3 is 0 Å². The third-order valence-electron chi connectivity index (χ3n) is 10.8. The van der Waals surface area contributed by atoms with E-state index in [4.69, 9.17) is 29.3 Å². The summed E-state index contributed by atoms with van der Waals surface area (Å²) in [7, 11) is 0. The highest BCUT2D eigenvalue weighted by molar-refractivity contribution is 6.04. The number of nitrogens with zero attached hydrogens (tertiary/aromatic N) is 5. The molecule has 3 aromatic heterocycles. The SMILES string of the molecule is c1ccc(-c2ccc(-c3nc(-c4ccccc4)nc(-c4cccc(-c5ccc(-c6ccc(-c7ccc8c(c7)oc7nc9ccccc9nc78)cc6)cc5)c4)n3)cc2)cc1. The average molecular weight is 756 g/mol. The lowest BCUT2D eigenvalue weighted by Crippen LogP contribution is -2.00. The Labute approximate surface area is 340 Å². The molecule has 0 spiro atoms. The minimum Gasteiger partial charge on any atom is -0.436 e. The highest BCUT2D eigenvalue weighted by Gasteiger charge is 2.15. The molecule has 276 valence electrons. The Morgan fingerprint density at radius 1 is 0.271 bits per heavy atom. The standard InChI is InChI=1S/C53H33N5O/c1-3-10-34(11-4-1)35-26-28-41(29-27-35)51-56-50(40-12-5-2-6-13-40)57-52(58-51)44-15-9-14-42(32-44)38-22-18-36(19-23-38)37-20-24-39(25-21-37)43-30-31-45-48(33-43)59-53-49(45)54-46-16-7-8-17-47(46)55-53/h1-33H. The molecule has 0 radical (unpaired) electrons. The minimum atomic E-state index is 0.555. The fraction of sp³-hybridized carbons (Fsp3) is 0. The first kappa shape index (κ1) is 34.2. The van der Waals surface area contributed by atoms with E-state index in [9.17, 15) is 0 Å². The lowest BCUT2D eigenvalue weighted by atomic mass is 9.97. The van der Waals surface area contributed by atoms with Crippen molar-refractivity contribution >= 4 is 33.2 Å². The molecule has 11 aromatic rings. The van der Waals surface area contributed by atoms with Gasteiger partial charge in [0.05, 0.1) is 11.0 Å². The van der Waals surface area contributed by atoms with Crippen LogP contribution >= 0.6 is 0 Å². The Bertz CT molecular complexity index is 3290. The quantitative estimate of drug-likeness (QED) is 0.161. The van der Waals surface area contributed by atoms with Crippen LogP contribution in [0.25, 0.3) is 112 Å². The highest BCUT2D eigenvalue weighted by Crippen LogP contribution is 2.34. The molecule has 0 saturated carbocycles. The van der Waals surface area contributed by atoms with Crippen LogP contribution in [0.1, 0.15) is 0 Å². The van der Waals surface area contributed by atoms with Gasteiger partial charge in [0.2, 0.25) is 5.71 Å². The number of benzene rings is 8. The van der Waals surface area contributed by atoms with Crippen molar-refractivity contribution in [3.63, 3.8) is 0 Å². The molecule has 6 nitrogen and oxygen atoms in total.